The molecule has 21 heavy (non-hydrogen) atoms. The lowest BCUT2D eigenvalue weighted by Crippen LogP contribution is -2.26. The van der Waals surface area contributed by atoms with E-state index >= 15 is 0 Å². The molecule has 1 aromatic carbocycles. The van der Waals surface area contributed by atoms with Gasteiger partial charge in [0.25, 0.3) is 5.91 Å². The predicted molar refractivity (Wildman–Crippen MR) is 82.6 cm³/mol. The van der Waals surface area contributed by atoms with Gasteiger partial charge in [0.2, 0.25) is 0 Å². The van der Waals surface area contributed by atoms with Crippen molar-refractivity contribution in [1.29, 1.82) is 0 Å². The molecule has 0 heterocycles. The highest BCUT2D eigenvalue weighted by Crippen LogP contribution is 2.43. The molecule has 1 saturated carbocycles. The maximum absolute atomic E-state index is 12.0. The Balaban J connectivity index is 1.49. The van der Waals surface area contributed by atoms with Crippen LogP contribution in [0.15, 0.2) is 40.9 Å². The number of esters is 1. The van der Waals surface area contributed by atoms with Crippen molar-refractivity contribution in [2.45, 2.75) is 12.8 Å². The van der Waals surface area contributed by atoms with E-state index in [4.69, 9.17) is 4.74 Å². The molecule has 2 aliphatic carbocycles. The van der Waals surface area contributed by atoms with Gasteiger partial charge in [-0.3, -0.25) is 9.59 Å². The third-order valence-corrected chi connectivity index (χ3v) is 4.77. The molecule has 5 heteroatoms. The van der Waals surface area contributed by atoms with Crippen LogP contribution in [0.2, 0.25) is 0 Å². The summed E-state index contributed by atoms with van der Waals surface area (Å²) in [6.07, 6.45) is 6.17. The second-order valence-corrected chi connectivity index (χ2v) is 6.38. The van der Waals surface area contributed by atoms with Crippen molar-refractivity contribution in [3.05, 3.63) is 40.9 Å². The first kappa shape index (κ1) is 14.3. The molecule has 0 aromatic heterocycles. The van der Waals surface area contributed by atoms with Crippen LogP contribution in [0.5, 0.6) is 0 Å². The minimum Gasteiger partial charge on any atom is -0.455 e. The van der Waals surface area contributed by atoms with Gasteiger partial charge in [0.1, 0.15) is 0 Å². The molecule has 0 saturated heterocycles. The van der Waals surface area contributed by atoms with Crippen molar-refractivity contribution in [3.8, 4) is 0 Å². The molecule has 0 unspecified atom stereocenters. The van der Waals surface area contributed by atoms with E-state index in [2.05, 4.69) is 33.4 Å². The van der Waals surface area contributed by atoms with Gasteiger partial charge in [0, 0.05) is 4.47 Å². The van der Waals surface area contributed by atoms with Gasteiger partial charge in [-0.15, -0.1) is 0 Å². The molecule has 3 atom stereocenters. The summed E-state index contributed by atoms with van der Waals surface area (Å²) in [5.41, 5.74) is 0.668. The fourth-order valence-corrected chi connectivity index (χ4v) is 3.43. The highest BCUT2D eigenvalue weighted by molar-refractivity contribution is 9.10. The summed E-state index contributed by atoms with van der Waals surface area (Å²) in [7, 11) is 0. The molecule has 1 amide bonds. The number of para-hydroxylation sites is 1. The molecule has 2 bridgehead atoms. The van der Waals surface area contributed by atoms with E-state index < -0.39 is 0 Å². The number of rotatable bonds is 4. The van der Waals surface area contributed by atoms with Gasteiger partial charge in [-0.05, 0) is 52.7 Å². The molecular formula is C16H16BrNO3. The fraction of sp³-hybridized carbons (Fsp3) is 0.375. The number of fused-ring (bicyclic) bond motifs is 2. The van der Waals surface area contributed by atoms with Crippen LogP contribution in [-0.4, -0.2) is 18.5 Å². The quantitative estimate of drug-likeness (QED) is 0.671. The first-order valence-corrected chi connectivity index (χ1v) is 7.82. The number of amides is 1. The Morgan fingerprint density at radius 1 is 1.24 bits per heavy atom. The summed E-state index contributed by atoms with van der Waals surface area (Å²) >= 11 is 3.35. The highest BCUT2D eigenvalue weighted by Gasteiger charge is 2.40. The topological polar surface area (TPSA) is 55.4 Å². The Labute approximate surface area is 131 Å². The number of hydrogen-bond donors (Lipinski definition) is 1. The van der Waals surface area contributed by atoms with Crippen molar-refractivity contribution < 1.29 is 14.3 Å². The van der Waals surface area contributed by atoms with Gasteiger partial charge in [-0.1, -0.05) is 24.3 Å². The van der Waals surface area contributed by atoms with Gasteiger partial charge in [-0.2, -0.15) is 0 Å². The van der Waals surface area contributed by atoms with E-state index in [1.165, 1.54) is 0 Å². The lowest BCUT2D eigenvalue weighted by molar-refractivity contribution is -0.152. The van der Waals surface area contributed by atoms with Crippen LogP contribution in [0.3, 0.4) is 0 Å². The van der Waals surface area contributed by atoms with Crippen molar-refractivity contribution in [2.24, 2.45) is 17.8 Å². The third kappa shape index (κ3) is 3.18. The molecule has 110 valence electrons. The summed E-state index contributed by atoms with van der Waals surface area (Å²) in [5, 5.41) is 2.71. The zero-order valence-electron chi connectivity index (χ0n) is 11.4. The Bertz CT molecular complexity index is 599. The van der Waals surface area contributed by atoms with Crippen LogP contribution in [0, 0.1) is 17.8 Å². The molecule has 0 radical (unpaired) electrons. The van der Waals surface area contributed by atoms with Crippen molar-refractivity contribution in [2.75, 3.05) is 11.9 Å². The molecule has 2 aliphatic rings. The fourth-order valence-electron chi connectivity index (χ4n) is 3.04. The van der Waals surface area contributed by atoms with Gasteiger partial charge < -0.3 is 10.1 Å². The number of halogens is 1. The standard InChI is InChI=1S/C16H16BrNO3/c17-13-3-1-2-4-14(13)18-15(19)9-21-16(20)12-8-10-5-6-11(12)7-10/h1-6,10-12H,7-9H2,(H,18,19)/t10-,11+,12-/m1/s1. The first-order chi connectivity index (χ1) is 10.1. The van der Waals surface area contributed by atoms with E-state index in [-0.39, 0.29) is 24.4 Å². The number of carbonyl (C=O) groups excluding carboxylic acids is 2. The summed E-state index contributed by atoms with van der Waals surface area (Å²) in [4.78, 5) is 23.8. The lowest BCUT2D eigenvalue weighted by atomic mass is 9.94. The maximum atomic E-state index is 12.0. The second kappa shape index (κ2) is 6.02. The Kier molecular flexibility index (Phi) is 4.10. The first-order valence-electron chi connectivity index (χ1n) is 7.03. The van der Waals surface area contributed by atoms with E-state index in [1.807, 2.05) is 18.2 Å². The SMILES string of the molecule is O=C(COC(=O)[C@@H]1C[C@@H]2C=C[C@H]1C2)Nc1ccccc1Br. The highest BCUT2D eigenvalue weighted by atomic mass is 79.9. The van der Waals surface area contributed by atoms with Gasteiger partial charge in [-0.25, -0.2) is 0 Å². The van der Waals surface area contributed by atoms with Gasteiger partial charge in [0.05, 0.1) is 11.6 Å². The second-order valence-electron chi connectivity index (χ2n) is 5.52. The number of ether oxygens (including phenoxy) is 1. The minimum atomic E-state index is -0.325. The van der Waals surface area contributed by atoms with E-state index in [1.54, 1.807) is 6.07 Å². The average Bonchev–Trinajstić information content (AvgIpc) is 3.10. The largest absolute Gasteiger partial charge is 0.455 e. The van der Waals surface area contributed by atoms with E-state index in [0.717, 1.165) is 17.3 Å². The van der Waals surface area contributed by atoms with Crippen LogP contribution in [-0.2, 0) is 14.3 Å². The van der Waals surface area contributed by atoms with Crippen molar-refractivity contribution in [3.63, 3.8) is 0 Å². The summed E-state index contributed by atoms with van der Waals surface area (Å²) < 4.78 is 5.95. The number of carbonyl (C=O) groups is 2. The van der Waals surface area contributed by atoms with Crippen LogP contribution in [0.1, 0.15) is 12.8 Å². The lowest BCUT2D eigenvalue weighted by Gasteiger charge is -2.16. The number of hydrogen-bond acceptors (Lipinski definition) is 3. The van der Waals surface area contributed by atoms with Gasteiger partial charge >= 0.3 is 5.97 Å². The molecule has 1 aromatic rings. The minimum absolute atomic E-state index is 0.0729. The van der Waals surface area contributed by atoms with Crippen molar-refractivity contribution in [1.82, 2.24) is 0 Å². The molecule has 0 aliphatic heterocycles. The maximum Gasteiger partial charge on any atom is 0.310 e. The molecule has 0 spiro atoms. The third-order valence-electron chi connectivity index (χ3n) is 4.08. The molecule has 1 N–H and O–H groups in total. The number of anilines is 1. The zero-order chi connectivity index (χ0) is 14.8. The molecule has 3 rings (SSSR count). The van der Waals surface area contributed by atoms with Gasteiger partial charge in [0.15, 0.2) is 6.61 Å². The Hall–Kier alpha value is -1.62. The number of allylic oxidation sites excluding steroid dienone is 2. The molecular weight excluding hydrogens is 334 g/mol. The normalized spacial score (nSPS) is 25.9. The Morgan fingerprint density at radius 2 is 2.05 bits per heavy atom. The van der Waals surface area contributed by atoms with Crippen LogP contribution >= 0.6 is 15.9 Å². The van der Waals surface area contributed by atoms with E-state index in [9.17, 15) is 9.59 Å². The number of nitrogens with one attached hydrogen (secondary N) is 1. The number of benzene rings is 1. The monoisotopic (exact) mass is 349 g/mol. The smallest absolute Gasteiger partial charge is 0.310 e. The van der Waals surface area contributed by atoms with Crippen LogP contribution in [0.4, 0.5) is 5.69 Å². The van der Waals surface area contributed by atoms with Crippen molar-refractivity contribution >= 4 is 33.5 Å². The summed E-state index contributed by atoms with van der Waals surface area (Å²) in [6, 6.07) is 7.31. The predicted octanol–water partition coefficient (Wildman–Crippen LogP) is 3.14. The van der Waals surface area contributed by atoms with E-state index in [0.29, 0.717) is 17.5 Å². The van der Waals surface area contributed by atoms with Crippen LogP contribution < -0.4 is 5.32 Å². The molecule has 1 fully saturated rings. The zero-order valence-corrected chi connectivity index (χ0v) is 13.0. The summed E-state index contributed by atoms with van der Waals surface area (Å²) in [6.45, 7) is -0.238. The Morgan fingerprint density at radius 3 is 2.71 bits per heavy atom. The average molecular weight is 350 g/mol. The van der Waals surface area contributed by atoms with Crippen LogP contribution in [0.25, 0.3) is 0 Å². The summed E-state index contributed by atoms with van der Waals surface area (Å²) in [5.74, 6) is 0.162. The molecule has 4 nitrogen and oxygen atoms in total.